The van der Waals surface area contributed by atoms with Crippen LogP contribution in [0.5, 0.6) is 0 Å². The van der Waals surface area contributed by atoms with Crippen molar-refractivity contribution < 1.29 is 19.5 Å². The van der Waals surface area contributed by atoms with Crippen molar-refractivity contribution in [3.63, 3.8) is 0 Å². The first kappa shape index (κ1) is 13.6. The van der Waals surface area contributed by atoms with Gasteiger partial charge in [0, 0.05) is 11.1 Å². The number of hydrogen-bond donors (Lipinski definition) is 1. The normalized spacial score (nSPS) is 11.9. The summed E-state index contributed by atoms with van der Waals surface area (Å²) < 4.78 is 0. The molecule has 0 aliphatic heterocycles. The van der Waals surface area contributed by atoms with Gasteiger partial charge in [0.1, 0.15) is 6.29 Å². The van der Waals surface area contributed by atoms with E-state index in [0.29, 0.717) is 6.29 Å². The quantitative estimate of drug-likeness (QED) is 0.513. The van der Waals surface area contributed by atoms with E-state index in [9.17, 15) is 14.4 Å². The van der Waals surface area contributed by atoms with Gasteiger partial charge in [0.25, 0.3) is 0 Å². The number of hydrogen-bond acceptors (Lipinski definition) is 3. The molecule has 1 N–H and O–H groups in total. The number of Topliss-reactive ketones (excluding diaryl/α,β-unsaturated/α-hetero) is 1. The van der Waals surface area contributed by atoms with E-state index < -0.39 is 10.8 Å². The molecular weight excluding hydrogens is 288 g/mol. The second kappa shape index (κ2) is 5.72. The average Bonchev–Trinajstić information content (AvgIpc) is 2.27. The Labute approximate surface area is 107 Å². The van der Waals surface area contributed by atoms with Gasteiger partial charge in [-0.15, -0.1) is 0 Å². The number of carbonyl (C=O) groups excluding carboxylic acids is 2. The Hall–Kier alpha value is -1.49. The summed E-state index contributed by atoms with van der Waals surface area (Å²) in [5, 5.41) is 8.79. The first-order chi connectivity index (χ1) is 7.97. The molecule has 5 heteroatoms. The third-order valence-corrected chi connectivity index (χ3v) is 2.71. The van der Waals surface area contributed by atoms with Gasteiger partial charge in [-0.2, -0.15) is 0 Å². The summed E-state index contributed by atoms with van der Waals surface area (Å²) in [4.78, 5) is 33.0. The molecule has 0 saturated heterocycles. The summed E-state index contributed by atoms with van der Waals surface area (Å²) in [5.74, 6) is -1.31. The van der Waals surface area contributed by atoms with Crippen LogP contribution < -0.4 is 0 Å². The fourth-order valence-electron chi connectivity index (χ4n) is 1.51. The molecule has 0 fully saturated rings. The lowest BCUT2D eigenvalue weighted by Gasteiger charge is -2.10. The number of ketones is 1. The molecule has 0 aromatic heterocycles. The molecule has 17 heavy (non-hydrogen) atoms. The van der Waals surface area contributed by atoms with E-state index in [1.165, 1.54) is 12.1 Å². The van der Waals surface area contributed by atoms with Crippen molar-refractivity contribution >= 4 is 34.0 Å². The van der Waals surface area contributed by atoms with Crippen LogP contribution in [0, 0.1) is 0 Å². The molecule has 1 atom stereocenters. The monoisotopic (exact) mass is 298 g/mol. The highest BCUT2D eigenvalue weighted by molar-refractivity contribution is 9.10. The summed E-state index contributed by atoms with van der Waals surface area (Å²) in [6.45, 7) is 1.65. The molecule has 4 nitrogen and oxygen atoms in total. The van der Waals surface area contributed by atoms with Crippen LogP contribution in [0.3, 0.4) is 0 Å². The number of benzene rings is 1. The molecule has 0 bridgehead atoms. The summed E-state index contributed by atoms with van der Waals surface area (Å²) >= 11 is 3.14. The molecule has 0 radical (unpaired) electrons. The van der Waals surface area contributed by atoms with Gasteiger partial charge in [0.15, 0.2) is 5.78 Å². The van der Waals surface area contributed by atoms with Gasteiger partial charge in [-0.05, 0) is 12.5 Å². The SMILES string of the molecule is CC(Br)C(=O)c1cccc(C=O)c1CC(=O)O. The standard InChI is InChI=1S/C12H11BrO4/c1-7(13)12(17)9-4-2-3-8(6-14)10(9)5-11(15)16/h2-4,6-7H,5H2,1H3,(H,15,16). The number of carboxylic acid groups (broad SMARTS) is 1. The summed E-state index contributed by atoms with van der Waals surface area (Å²) in [7, 11) is 0. The van der Waals surface area contributed by atoms with E-state index in [0.717, 1.165) is 0 Å². The molecule has 0 spiro atoms. The molecule has 0 saturated carbocycles. The van der Waals surface area contributed by atoms with Crippen LogP contribution >= 0.6 is 15.9 Å². The predicted molar refractivity (Wildman–Crippen MR) is 65.9 cm³/mol. The Morgan fingerprint density at radius 1 is 1.47 bits per heavy atom. The number of carboxylic acids is 1. The van der Waals surface area contributed by atoms with E-state index in [1.54, 1.807) is 13.0 Å². The second-order valence-corrected chi connectivity index (χ2v) is 4.92. The van der Waals surface area contributed by atoms with Crippen molar-refractivity contribution in [2.75, 3.05) is 0 Å². The third kappa shape index (κ3) is 3.23. The molecule has 90 valence electrons. The molecule has 1 aromatic rings. The maximum absolute atomic E-state index is 11.9. The van der Waals surface area contributed by atoms with Gasteiger partial charge in [-0.3, -0.25) is 14.4 Å². The van der Waals surface area contributed by atoms with Crippen molar-refractivity contribution in [1.82, 2.24) is 0 Å². The lowest BCUT2D eigenvalue weighted by molar-refractivity contribution is -0.136. The topological polar surface area (TPSA) is 71.4 Å². The lowest BCUT2D eigenvalue weighted by atomic mass is 9.95. The van der Waals surface area contributed by atoms with Gasteiger partial charge >= 0.3 is 5.97 Å². The molecule has 0 amide bonds. The van der Waals surface area contributed by atoms with Crippen molar-refractivity contribution in [2.24, 2.45) is 0 Å². The first-order valence-corrected chi connectivity index (χ1v) is 5.86. The molecule has 1 rings (SSSR count). The van der Waals surface area contributed by atoms with Crippen LogP contribution in [0.25, 0.3) is 0 Å². The molecular formula is C12H11BrO4. The number of aldehydes is 1. The minimum Gasteiger partial charge on any atom is -0.481 e. The zero-order chi connectivity index (χ0) is 13.0. The maximum Gasteiger partial charge on any atom is 0.307 e. The van der Waals surface area contributed by atoms with Gasteiger partial charge < -0.3 is 5.11 Å². The van der Waals surface area contributed by atoms with E-state index in [-0.39, 0.29) is 28.9 Å². The zero-order valence-electron chi connectivity index (χ0n) is 9.14. The molecule has 1 aromatic carbocycles. The minimum absolute atomic E-state index is 0.232. The highest BCUT2D eigenvalue weighted by Crippen LogP contribution is 2.18. The van der Waals surface area contributed by atoms with E-state index >= 15 is 0 Å². The van der Waals surface area contributed by atoms with Gasteiger partial charge in [-0.1, -0.05) is 34.1 Å². The van der Waals surface area contributed by atoms with E-state index in [4.69, 9.17) is 5.11 Å². The minimum atomic E-state index is -1.07. The molecule has 0 aliphatic carbocycles. The maximum atomic E-state index is 11.9. The molecule has 1 unspecified atom stereocenters. The zero-order valence-corrected chi connectivity index (χ0v) is 10.7. The van der Waals surface area contributed by atoms with Crippen LogP contribution in [0.15, 0.2) is 18.2 Å². The second-order valence-electron chi connectivity index (χ2n) is 3.54. The summed E-state index contributed by atoms with van der Waals surface area (Å²) in [5.41, 5.74) is 0.791. The summed E-state index contributed by atoms with van der Waals surface area (Å²) in [6, 6.07) is 4.60. The fourth-order valence-corrected chi connectivity index (χ4v) is 1.76. The molecule has 0 heterocycles. The fraction of sp³-hybridized carbons (Fsp3) is 0.250. The van der Waals surface area contributed by atoms with Crippen molar-refractivity contribution in [3.05, 3.63) is 34.9 Å². The average molecular weight is 299 g/mol. The van der Waals surface area contributed by atoms with Crippen LogP contribution in [-0.4, -0.2) is 28.0 Å². The lowest BCUT2D eigenvalue weighted by Crippen LogP contribution is -2.16. The number of alkyl halides is 1. The van der Waals surface area contributed by atoms with Crippen molar-refractivity contribution in [3.8, 4) is 0 Å². The van der Waals surface area contributed by atoms with Crippen LogP contribution in [0.1, 0.15) is 33.2 Å². The number of rotatable bonds is 5. The Morgan fingerprint density at radius 3 is 2.59 bits per heavy atom. The number of carbonyl (C=O) groups is 3. The van der Waals surface area contributed by atoms with Gasteiger partial charge in [0.2, 0.25) is 0 Å². The van der Waals surface area contributed by atoms with Gasteiger partial charge in [-0.25, -0.2) is 0 Å². The van der Waals surface area contributed by atoms with Crippen LogP contribution in [-0.2, 0) is 11.2 Å². The number of aliphatic carboxylic acids is 1. The Balaban J connectivity index is 3.33. The Bertz CT molecular complexity index is 466. The highest BCUT2D eigenvalue weighted by Gasteiger charge is 2.19. The predicted octanol–water partition coefficient (Wildman–Crippen LogP) is 2.09. The van der Waals surface area contributed by atoms with E-state index in [2.05, 4.69) is 15.9 Å². The Kier molecular flexibility index (Phi) is 4.57. The summed E-state index contributed by atoms with van der Waals surface area (Å²) in [6.07, 6.45) is 0.226. The smallest absolute Gasteiger partial charge is 0.307 e. The third-order valence-electron chi connectivity index (χ3n) is 2.29. The first-order valence-electron chi connectivity index (χ1n) is 4.94. The van der Waals surface area contributed by atoms with Crippen LogP contribution in [0.2, 0.25) is 0 Å². The Morgan fingerprint density at radius 2 is 2.12 bits per heavy atom. The highest BCUT2D eigenvalue weighted by atomic mass is 79.9. The van der Waals surface area contributed by atoms with Crippen molar-refractivity contribution in [2.45, 2.75) is 18.2 Å². The van der Waals surface area contributed by atoms with Gasteiger partial charge in [0.05, 0.1) is 11.2 Å². The largest absolute Gasteiger partial charge is 0.481 e. The van der Waals surface area contributed by atoms with E-state index in [1.807, 2.05) is 0 Å². The van der Waals surface area contributed by atoms with Crippen LogP contribution in [0.4, 0.5) is 0 Å². The number of halogens is 1. The van der Waals surface area contributed by atoms with Crippen molar-refractivity contribution in [1.29, 1.82) is 0 Å². The molecule has 0 aliphatic rings.